The number of hydrogen-bond acceptors (Lipinski definition) is 5. The van der Waals surface area contributed by atoms with E-state index < -0.39 is 14.8 Å². The summed E-state index contributed by atoms with van der Waals surface area (Å²) in [6, 6.07) is 12.4. The SMILES string of the molecule is N#Cc1cc([N+](=O)[O-])ccc1S(=O)(=O)c1ccccc1. The summed E-state index contributed by atoms with van der Waals surface area (Å²) in [6.07, 6.45) is 0. The Kier molecular flexibility index (Phi) is 3.50. The van der Waals surface area contributed by atoms with Gasteiger partial charge < -0.3 is 0 Å². The zero-order chi connectivity index (χ0) is 14.8. The molecule has 0 aromatic heterocycles. The van der Waals surface area contributed by atoms with Gasteiger partial charge in [0, 0.05) is 12.1 Å². The van der Waals surface area contributed by atoms with Crippen LogP contribution in [0, 0.1) is 21.4 Å². The van der Waals surface area contributed by atoms with Crippen LogP contribution in [-0.2, 0) is 9.84 Å². The third-order valence-corrected chi connectivity index (χ3v) is 4.47. The average Bonchev–Trinajstić information content (AvgIpc) is 2.47. The maximum absolute atomic E-state index is 12.4. The third-order valence-electron chi connectivity index (χ3n) is 2.64. The van der Waals surface area contributed by atoms with Crippen molar-refractivity contribution in [2.24, 2.45) is 0 Å². The minimum absolute atomic E-state index is 0.0327. The first-order valence-corrected chi connectivity index (χ1v) is 6.94. The molecule has 0 aliphatic carbocycles. The van der Waals surface area contributed by atoms with Crippen LogP contribution >= 0.6 is 0 Å². The predicted octanol–water partition coefficient (Wildman–Crippen LogP) is 2.30. The number of hydrogen-bond donors (Lipinski definition) is 0. The fourth-order valence-electron chi connectivity index (χ4n) is 1.68. The first kappa shape index (κ1) is 13.7. The van der Waals surface area contributed by atoms with E-state index >= 15 is 0 Å². The lowest BCUT2D eigenvalue weighted by Gasteiger charge is -2.06. The van der Waals surface area contributed by atoms with Crippen molar-refractivity contribution in [2.75, 3.05) is 0 Å². The summed E-state index contributed by atoms with van der Waals surface area (Å²) in [7, 11) is -3.87. The van der Waals surface area contributed by atoms with Crippen LogP contribution in [0.15, 0.2) is 58.3 Å². The van der Waals surface area contributed by atoms with Crippen LogP contribution in [0.3, 0.4) is 0 Å². The number of sulfone groups is 1. The molecular formula is C13H8N2O4S. The first-order valence-electron chi connectivity index (χ1n) is 5.45. The molecule has 0 radical (unpaired) electrons. The Hall–Kier alpha value is -2.72. The molecule has 0 saturated heterocycles. The highest BCUT2D eigenvalue weighted by atomic mass is 32.2. The molecule has 0 bridgehead atoms. The number of nitrogens with zero attached hydrogens (tertiary/aromatic N) is 2. The Morgan fingerprint density at radius 1 is 1.10 bits per heavy atom. The predicted molar refractivity (Wildman–Crippen MR) is 69.7 cm³/mol. The summed E-state index contributed by atoms with van der Waals surface area (Å²) in [5, 5.41) is 19.6. The van der Waals surface area contributed by atoms with Crippen molar-refractivity contribution in [1.82, 2.24) is 0 Å². The summed E-state index contributed by atoms with van der Waals surface area (Å²) in [5.74, 6) is 0. The van der Waals surface area contributed by atoms with Crippen LogP contribution in [0.25, 0.3) is 0 Å². The minimum Gasteiger partial charge on any atom is -0.258 e. The second-order valence-corrected chi connectivity index (χ2v) is 5.78. The summed E-state index contributed by atoms with van der Waals surface area (Å²) in [6.45, 7) is 0. The summed E-state index contributed by atoms with van der Waals surface area (Å²) >= 11 is 0. The van der Waals surface area contributed by atoms with Crippen molar-refractivity contribution in [3.05, 3.63) is 64.2 Å². The molecule has 0 amide bonds. The van der Waals surface area contributed by atoms with Crippen LogP contribution in [0.1, 0.15) is 5.56 Å². The number of benzene rings is 2. The van der Waals surface area contributed by atoms with Gasteiger partial charge in [0.2, 0.25) is 9.84 Å². The van der Waals surface area contributed by atoms with Gasteiger partial charge in [0.15, 0.2) is 0 Å². The number of rotatable bonds is 3. The van der Waals surface area contributed by atoms with Gasteiger partial charge in [0.1, 0.15) is 6.07 Å². The van der Waals surface area contributed by atoms with Crippen molar-refractivity contribution in [2.45, 2.75) is 9.79 Å². The van der Waals surface area contributed by atoms with Crippen molar-refractivity contribution in [1.29, 1.82) is 5.26 Å². The van der Waals surface area contributed by atoms with Gasteiger partial charge in [-0.25, -0.2) is 8.42 Å². The van der Waals surface area contributed by atoms with Crippen LogP contribution in [0.5, 0.6) is 0 Å². The Balaban J connectivity index is 2.65. The van der Waals surface area contributed by atoms with Gasteiger partial charge >= 0.3 is 0 Å². The molecule has 0 spiro atoms. The van der Waals surface area contributed by atoms with Gasteiger partial charge in [-0.2, -0.15) is 5.26 Å². The lowest BCUT2D eigenvalue weighted by molar-refractivity contribution is -0.384. The van der Waals surface area contributed by atoms with E-state index in [1.807, 2.05) is 0 Å². The van der Waals surface area contributed by atoms with Gasteiger partial charge in [-0.1, -0.05) is 18.2 Å². The highest BCUT2D eigenvalue weighted by molar-refractivity contribution is 7.91. The van der Waals surface area contributed by atoms with Crippen LogP contribution < -0.4 is 0 Å². The average molecular weight is 288 g/mol. The topological polar surface area (TPSA) is 101 Å². The van der Waals surface area contributed by atoms with Crippen molar-refractivity contribution in [3.63, 3.8) is 0 Å². The molecule has 7 heteroatoms. The van der Waals surface area contributed by atoms with Gasteiger partial charge in [-0.3, -0.25) is 10.1 Å². The van der Waals surface area contributed by atoms with Crippen LogP contribution in [0.2, 0.25) is 0 Å². The molecule has 0 aliphatic heterocycles. The quantitative estimate of drug-likeness (QED) is 0.637. The third kappa shape index (κ3) is 2.37. The van der Waals surface area contributed by atoms with E-state index in [2.05, 4.69) is 0 Å². The zero-order valence-corrected chi connectivity index (χ0v) is 10.9. The van der Waals surface area contributed by atoms with Gasteiger partial charge in [-0.05, 0) is 18.2 Å². The lowest BCUT2D eigenvalue weighted by Crippen LogP contribution is -2.05. The van der Waals surface area contributed by atoms with Crippen LogP contribution in [-0.4, -0.2) is 13.3 Å². The fourth-order valence-corrected chi connectivity index (χ4v) is 3.09. The van der Waals surface area contributed by atoms with Crippen molar-refractivity contribution < 1.29 is 13.3 Å². The zero-order valence-electron chi connectivity index (χ0n) is 10.1. The first-order chi connectivity index (χ1) is 9.46. The molecule has 0 N–H and O–H groups in total. The molecule has 2 rings (SSSR count). The molecule has 0 unspecified atom stereocenters. The molecule has 2 aromatic rings. The normalized spacial score (nSPS) is 10.8. The maximum atomic E-state index is 12.4. The minimum atomic E-state index is -3.87. The van der Waals surface area contributed by atoms with Gasteiger partial charge in [-0.15, -0.1) is 0 Å². The molecule has 0 atom stereocenters. The Labute approximate surface area is 115 Å². The van der Waals surface area contributed by atoms with Crippen LogP contribution in [0.4, 0.5) is 5.69 Å². The molecule has 100 valence electrons. The summed E-state index contributed by atoms with van der Waals surface area (Å²) < 4.78 is 24.7. The number of nitro groups is 1. The van der Waals surface area contributed by atoms with Crippen molar-refractivity contribution in [3.8, 4) is 6.07 Å². The molecule has 6 nitrogen and oxygen atoms in total. The Morgan fingerprint density at radius 3 is 2.30 bits per heavy atom. The highest BCUT2D eigenvalue weighted by Crippen LogP contribution is 2.26. The van der Waals surface area contributed by atoms with E-state index in [-0.39, 0.29) is 21.0 Å². The Bertz CT molecular complexity index is 808. The Morgan fingerprint density at radius 2 is 1.75 bits per heavy atom. The van der Waals surface area contributed by atoms with Crippen molar-refractivity contribution >= 4 is 15.5 Å². The summed E-state index contributed by atoms with van der Waals surface area (Å²) in [5.41, 5.74) is -0.573. The monoisotopic (exact) mass is 288 g/mol. The second kappa shape index (κ2) is 5.11. The summed E-state index contributed by atoms with van der Waals surface area (Å²) in [4.78, 5) is 9.76. The lowest BCUT2D eigenvalue weighted by atomic mass is 10.2. The second-order valence-electron chi connectivity index (χ2n) is 3.87. The molecule has 0 heterocycles. The maximum Gasteiger partial charge on any atom is 0.270 e. The van der Waals surface area contributed by atoms with E-state index in [1.165, 1.54) is 12.1 Å². The standard InChI is InChI=1S/C13H8N2O4S/c14-9-10-8-11(15(16)17)6-7-13(10)20(18,19)12-4-2-1-3-5-12/h1-8H. The highest BCUT2D eigenvalue weighted by Gasteiger charge is 2.23. The number of non-ortho nitro benzene ring substituents is 1. The van der Waals surface area contributed by atoms with E-state index in [1.54, 1.807) is 24.3 Å². The number of nitro benzene ring substituents is 1. The fraction of sp³-hybridized carbons (Fsp3) is 0. The molecule has 0 fully saturated rings. The molecule has 2 aromatic carbocycles. The van der Waals surface area contributed by atoms with E-state index in [0.29, 0.717) is 0 Å². The largest absolute Gasteiger partial charge is 0.270 e. The van der Waals surface area contributed by atoms with E-state index in [4.69, 9.17) is 5.26 Å². The molecule has 0 saturated carbocycles. The molecule has 0 aliphatic rings. The molecule has 20 heavy (non-hydrogen) atoms. The van der Waals surface area contributed by atoms with E-state index in [9.17, 15) is 18.5 Å². The number of nitriles is 1. The van der Waals surface area contributed by atoms with E-state index in [0.717, 1.165) is 18.2 Å². The van der Waals surface area contributed by atoms with Gasteiger partial charge in [0.05, 0.1) is 20.3 Å². The van der Waals surface area contributed by atoms with Gasteiger partial charge in [0.25, 0.3) is 5.69 Å². The smallest absolute Gasteiger partial charge is 0.258 e. The molecular weight excluding hydrogens is 280 g/mol.